The zero-order chi connectivity index (χ0) is 15.1. The van der Waals surface area contributed by atoms with Crippen LogP contribution >= 0.6 is 24.0 Å². The van der Waals surface area contributed by atoms with Crippen LogP contribution in [0.2, 0.25) is 0 Å². The number of benzene rings is 1. The summed E-state index contributed by atoms with van der Waals surface area (Å²) in [5.41, 5.74) is 1.84. The van der Waals surface area contributed by atoms with E-state index in [4.69, 9.17) is 12.2 Å². The third-order valence-electron chi connectivity index (χ3n) is 3.28. The van der Waals surface area contributed by atoms with Crippen LogP contribution in [-0.2, 0) is 9.59 Å². The lowest BCUT2D eigenvalue weighted by Gasteiger charge is -2.21. The highest BCUT2D eigenvalue weighted by molar-refractivity contribution is 8.23. The number of hydrogen-bond acceptors (Lipinski definition) is 5. The predicted octanol–water partition coefficient (Wildman–Crippen LogP) is 2.01. The lowest BCUT2D eigenvalue weighted by Crippen LogP contribution is -2.37. The summed E-state index contributed by atoms with van der Waals surface area (Å²) >= 11 is 6.37. The summed E-state index contributed by atoms with van der Waals surface area (Å²) in [6.07, 6.45) is 0. The van der Waals surface area contributed by atoms with Crippen LogP contribution in [0.5, 0.6) is 0 Å². The summed E-state index contributed by atoms with van der Waals surface area (Å²) in [4.78, 5) is 26.1. The average molecular weight is 319 g/mol. The molecule has 2 amide bonds. The normalized spacial score (nSPS) is 20.1. The molecule has 2 aliphatic rings. The van der Waals surface area contributed by atoms with Gasteiger partial charge in [0.05, 0.1) is 11.4 Å². The van der Waals surface area contributed by atoms with Crippen molar-refractivity contribution in [3.05, 3.63) is 29.8 Å². The summed E-state index contributed by atoms with van der Waals surface area (Å²) < 4.78 is 0.390. The molecule has 7 heteroatoms. The van der Waals surface area contributed by atoms with E-state index in [1.165, 1.54) is 11.8 Å². The number of amides is 2. The van der Waals surface area contributed by atoms with Crippen molar-refractivity contribution in [3.63, 3.8) is 0 Å². The first-order chi connectivity index (χ1) is 10.0. The van der Waals surface area contributed by atoms with Crippen LogP contribution in [0, 0.1) is 0 Å². The first-order valence-electron chi connectivity index (χ1n) is 6.52. The Hall–Kier alpha value is -1.73. The Bertz CT molecular complexity index is 669. The summed E-state index contributed by atoms with van der Waals surface area (Å²) in [7, 11) is 0. The van der Waals surface area contributed by atoms with Crippen LogP contribution in [0.15, 0.2) is 29.4 Å². The lowest BCUT2D eigenvalue weighted by atomic mass is 10.1. The first-order valence-corrected chi connectivity index (χ1v) is 7.91. The number of thiocarbonyl (C=S) groups is 1. The number of para-hydroxylation sites is 1. The topological polar surface area (TPSA) is 53.0 Å². The summed E-state index contributed by atoms with van der Waals surface area (Å²) in [6.45, 7) is 3.89. The third kappa shape index (κ3) is 2.26. The molecular weight excluding hydrogens is 306 g/mol. The molecule has 0 aliphatic carbocycles. The number of fused-ring (bicyclic) bond motifs is 1. The van der Waals surface area contributed by atoms with E-state index >= 15 is 0 Å². The third-order valence-corrected chi connectivity index (χ3v) is 4.62. The van der Waals surface area contributed by atoms with Gasteiger partial charge in [-0.25, -0.2) is 0 Å². The van der Waals surface area contributed by atoms with Crippen LogP contribution in [0.25, 0.3) is 0 Å². The molecule has 2 heterocycles. The highest BCUT2D eigenvalue weighted by Gasteiger charge is 2.37. The molecule has 108 valence electrons. The Morgan fingerprint density at radius 2 is 2.00 bits per heavy atom. The summed E-state index contributed by atoms with van der Waals surface area (Å²) in [6, 6.07) is 7.47. The van der Waals surface area contributed by atoms with E-state index in [1.54, 1.807) is 4.90 Å². The molecule has 0 spiro atoms. The van der Waals surface area contributed by atoms with Crippen molar-refractivity contribution < 1.29 is 9.59 Å². The smallest absolute Gasteiger partial charge is 0.279 e. The van der Waals surface area contributed by atoms with E-state index < -0.39 is 0 Å². The van der Waals surface area contributed by atoms with Gasteiger partial charge in [-0.15, -0.1) is 0 Å². The van der Waals surface area contributed by atoms with Gasteiger partial charge in [-0.2, -0.15) is 10.1 Å². The first kappa shape index (κ1) is 14.2. The molecule has 3 rings (SSSR count). The quantitative estimate of drug-likeness (QED) is 0.783. The molecule has 0 saturated carbocycles. The largest absolute Gasteiger partial charge is 0.304 e. The molecule has 1 fully saturated rings. The van der Waals surface area contributed by atoms with Gasteiger partial charge in [0.25, 0.3) is 11.8 Å². The minimum absolute atomic E-state index is 0.0157. The highest BCUT2D eigenvalue weighted by atomic mass is 32.2. The van der Waals surface area contributed by atoms with Gasteiger partial charge < -0.3 is 4.90 Å². The second-order valence-corrected chi connectivity index (χ2v) is 6.60. The summed E-state index contributed by atoms with van der Waals surface area (Å²) in [5.74, 6) is -0.108. The van der Waals surface area contributed by atoms with Gasteiger partial charge in [-0.05, 0) is 19.9 Å². The van der Waals surface area contributed by atoms with E-state index in [2.05, 4.69) is 5.10 Å². The van der Waals surface area contributed by atoms with E-state index in [0.717, 1.165) is 16.3 Å². The van der Waals surface area contributed by atoms with Gasteiger partial charge in [0, 0.05) is 11.6 Å². The maximum absolute atomic E-state index is 12.6. The Labute approximate surface area is 132 Å². The van der Waals surface area contributed by atoms with Gasteiger partial charge in [0.2, 0.25) is 0 Å². The van der Waals surface area contributed by atoms with Gasteiger partial charge in [-0.3, -0.25) is 9.59 Å². The fourth-order valence-corrected chi connectivity index (χ4v) is 3.33. The summed E-state index contributed by atoms with van der Waals surface area (Å²) in [5, 5.41) is 5.40. The molecule has 1 aromatic rings. The average Bonchev–Trinajstić information content (AvgIpc) is 2.91. The number of carbonyl (C=O) groups is 2. The fourth-order valence-electron chi connectivity index (χ4n) is 2.38. The zero-order valence-corrected chi connectivity index (χ0v) is 13.2. The zero-order valence-electron chi connectivity index (χ0n) is 11.6. The SMILES string of the molecule is CC(C)N1C(=O)/C(=N/N2C(=O)CSC2=S)c2ccccc21. The van der Waals surface area contributed by atoms with Gasteiger partial charge in [-0.1, -0.05) is 42.2 Å². The Morgan fingerprint density at radius 1 is 1.29 bits per heavy atom. The maximum Gasteiger partial charge on any atom is 0.279 e. The molecule has 0 radical (unpaired) electrons. The van der Waals surface area contributed by atoms with Gasteiger partial charge in [0.1, 0.15) is 0 Å². The van der Waals surface area contributed by atoms with E-state index in [9.17, 15) is 9.59 Å². The molecule has 0 N–H and O–H groups in total. The van der Waals surface area contributed by atoms with E-state index in [0.29, 0.717) is 4.32 Å². The monoisotopic (exact) mass is 319 g/mol. The number of nitrogens with zero attached hydrogens (tertiary/aromatic N) is 3. The van der Waals surface area contributed by atoms with Crippen molar-refractivity contribution in [2.24, 2.45) is 5.10 Å². The van der Waals surface area contributed by atoms with E-state index in [1.807, 2.05) is 38.1 Å². The van der Waals surface area contributed by atoms with Gasteiger partial charge >= 0.3 is 0 Å². The molecule has 0 bridgehead atoms. The number of hydrazone groups is 1. The molecule has 5 nitrogen and oxygen atoms in total. The minimum atomic E-state index is -0.196. The van der Waals surface area contributed by atoms with Crippen LogP contribution in [-0.4, -0.2) is 38.7 Å². The van der Waals surface area contributed by atoms with Crippen LogP contribution in [0.1, 0.15) is 19.4 Å². The highest BCUT2D eigenvalue weighted by Crippen LogP contribution is 2.32. The number of hydrogen-bond donors (Lipinski definition) is 0. The molecule has 2 aliphatic heterocycles. The van der Waals surface area contributed by atoms with Crippen LogP contribution in [0.3, 0.4) is 0 Å². The van der Waals surface area contributed by atoms with Crippen molar-refractivity contribution in [3.8, 4) is 0 Å². The minimum Gasteiger partial charge on any atom is -0.304 e. The van der Waals surface area contributed by atoms with Crippen molar-refractivity contribution in [1.82, 2.24) is 5.01 Å². The number of carbonyl (C=O) groups excluding carboxylic acids is 2. The lowest BCUT2D eigenvalue weighted by molar-refractivity contribution is -0.124. The van der Waals surface area contributed by atoms with Crippen LogP contribution in [0.4, 0.5) is 5.69 Å². The van der Waals surface area contributed by atoms with E-state index in [-0.39, 0.29) is 29.3 Å². The molecule has 1 saturated heterocycles. The number of rotatable bonds is 2. The Kier molecular flexibility index (Phi) is 3.54. The van der Waals surface area contributed by atoms with Crippen molar-refractivity contribution in [1.29, 1.82) is 0 Å². The number of anilines is 1. The van der Waals surface area contributed by atoms with Crippen molar-refractivity contribution in [2.75, 3.05) is 10.7 Å². The van der Waals surface area contributed by atoms with Gasteiger partial charge in [0.15, 0.2) is 10.0 Å². The second-order valence-electron chi connectivity index (χ2n) is 4.99. The maximum atomic E-state index is 12.6. The molecule has 0 aromatic heterocycles. The fraction of sp³-hybridized carbons (Fsp3) is 0.286. The van der Waals surface area contributed by atoms with Crippen molar-refractivity contribution >= 4 is 51.5 Å². The molecule has 1 aromatic carbocycles. The molecule has 0 unspecified atom stereocenters. The Balaban J connectivity index is 2.09. The Morgan fingerprint density at radius 3 is 2.62 bits per heavy atom. The van der Waals surface area contributed by atoms with Crippen molar-refractivity contribution in [2.45, 2.75) is 19.9 Å². The number of thioether (sulfide) groups is 1. The molecule has 0 atom stereocenters. The second kappa shape index (κ2) is 5.23. The van der Waals surface area contributed by atoms with Crippen LogP contribution < -0.4 is 4.90 Å². The predicted molar refractivity (Wildman–Crippen MR) is 87.5 cm³/mol. The standard InChI is InChI=1S/C14H13N3O2S2/c1-8(2)16-10-6-4-3-5-9(10)12(13(16)19)15-17-11(18)7-21-14(17)20/h3-6,8H,7H2,1-2H3/b15-12+. The molecule has 21 heavy (non-hydrogen) atoms. The molecular formula is C14H13N3O2S2.